The maximum atomic E-state index is 2.30. The first-order valence-electron chi connectivity index (χ1n) is 10.3. The van der Waals surface area contributed by atoms with Gasteiger partial charge in [0.2, 0.25) is 0 Å². The molecule has 0 heterocycles. The lowest BCUT2D eigenvalue weighted by Crippen LogP contribution is -2.09. The predicted molar refractivity (Wildman–Crippen MR) is 129 cm³/mol. The molecular weight excluding hydrogens is 362 g/mol. The Balaban J connectivity index is 1.59. The smallest absolute Gasteiger partial charge is 0.0462 e. The number of fused-ring (bicyclic) bond motifs is 1. The second-order valence-electron chi connectivity index (χ2n) is 7.58. The standard InChI is InChI=1S/C29H23N/c1-22-14-18-26(19-15-22)30(25-10-3-2-4-11-25)27-20-16-24(17-21-27)29-13-7-9-23-8-5-6-12-28(23)29/h2-21H,1H3. The number of hydrogen-bond donors (Lipinski definition) is 0. The molecule has 0 fully saturated rings. The lowest BCUT2D eigenvalue weighted by Gasteiger charge is -2.25. The number of hydrogen-bond acceptors (Lipinski definition) is 1. The lowest BCUT2D eigenvalue weighted by atomic mass is 9.98. The third-order valence-electron chi connectivity index (χ3n) is 5.53. The van der Waals surface area contributed by atoms with Gasteiger partial charge in [-0.15, -0.1) is 0 Å². The van der Waals surface area contributed by atoms with Crippen LogP contribution >= 0.6 is 0 Å². The van der Waals surface area contributed by atoms with Crippen molar-refractivity contribution in [3.05, 3.63) is 127 Å². The minimum Gasteiger partial charge on any atom is -0.311 e. The van der Waals surface area contributed by atoms with E-state index in [1.807, 2.05) is 0 Å². The molecule has 0 aliphatic heterocycles. The van der Waals surface area contributed by atoms with Gasteiger partial charge in [-0.25, -0.2) is 0 Å². The number of rotatable bonds is 4. The average molecular weight is 386 g/mol. The molecule has 0 saturated carbocycles. The summed E-state index contributed by atoms with van der Waals surface area (Å²) >= 11 is 0. The summed E-state index contributed by atoms with van der Waals surface area (Å²) in [5, 5.41) is 2.55. The molecule has 0 aliphatic rings. The van der Waals surface area contributed by atoms with Crippen molar-refractivity contribution in [2.24, 2.45) is 0 Å². The molecule has 30 heavy (non-hydrogen) atoms. The van der Waals surface area contributed by atoms with Crippen LogP contribution in [0.2, 0.25) is 0 Å². The van der Waals surface area contributed by atoms with E-state index in [-0.39, 0.29) is 0 Å². The van der Waals surface area contributed by atoms with Gasteiger partial charge in [0.25, 0.3) is 0 Å². The molecule has 1 nitrogen and oxygen atoms in total. The second-order valence-corrected chi connectivity index (χ2v) is 7.58. The molecule has 5 aromatic rings. The molecule has 0 bridgehead atoms. The van der Waals surface area contributed by atoms with Gasteiger partial charge < -0.3 is 4.90 Å². The highest BCUT2D eigenvalue weighted by molar-refractivity contribution is 5.96. The summed E-state index contributed by atoms with van der Waals surface area (Å²) in [6.07, 6.45) is 0. The zero-order chi connectivity index (χ0) is 20.3. The van der Waals surface area contributed by atoms with E-state index in [4.69, 9.17) is 0 Å². The number of nitrogens with zero attached hydrogens (tertiary/aromatic N) is 1. The van der Waals surface area contributed by atoms with Gasteiger partial charge in [0.15, 0.2) is 0 Å². The van der Waals surface area contributed by atoms with Crippen LogP contribution in [0.25, 0.3) is 21.9 Å². The zero-order valence-corrected chi connectivity index (χ0v) is 17.0. The van der Waals surface area contributed by atoms with Gasteiger partial charge in [-0.3, -0.25) is 0 Å². The van der Waals surface area contributed by atoms with Gasteiger partial charge in [0.1, 0.15) is 0 Å². The molecule has 144 valence electrons. The number of anilines is 3. The number of para-hydroxylation sites is 1. The van der Waals surface area contributed by atoms with Gasteiger partial charge in [-0.05, 0) is 65.2 Å². The number of benzene rings is 5. The molecule has 0 radical (unpaired) electrons. The first-order chi connectivity index (χ1) is 14.8. The Bertz CT molecular complexity index is 1260. The molecule has 5 rings (SSSR count). The SMILES string of the molecule is Cc1ccc(N(c2ccccc2)c2ccc(-c3cccc4ccccc34)cc2)cc1. The van der Waals surface area contributed by atoms with E-state index in [1.165, 1.54) is 27.5 Å². The van der Waals surface area contributed by atoms with Crippen molar-refractivity contribution in [2.45, 2.75) is 6.92 Å². The Morgan fingerprint density at radius 3 is 1.77 bits per heavy atom. The van der Waals surface area contributed by atoms with Crippen LogP contribution in [0, 0.1) is 6.92 Å². The van der Waals surface area contributed by atoms with Crippen molar-refractivity contribution in [1.29, 1.82) is 0 Å². The minimum atomic E-state index is 1.15. The Labute approximate surface area is 177 Å². The van der Waals surface area contributed by atoms with Crippen LogP contribution in [0.4, 0.5) is 17.1 Å². The van der Waals surface area contributed by atoms with Crippen LogP contribution in [0.5, 0.6) is 0 Å². The average Bonchev–Trinajstić information content (AvgIpc) is 2.81. The minimum absolute atomic E-state index is 1.15. The summed E-state index contributed by atoms with van der Waals surface area (Å²) in [5.41, 5.74) is 7.21. The van der Waals surface area contributed by atoms with Crippen LogP contribution in [0.1, 0.15) is 5.56 Å². The van der Waals surface area contributed by atoms with Crippen LogP contribution in [-0.4, -0.2) is 0 Å². The maximum absolute atomic E-state index is 2.30. The quantitative estimate of drug-likeness (QED) is 0.301. The third-order valence-corrected chi connectivity index (χ3v) is 5.53. The topological polar surface area (TPSA) is 3.24 Å². The molecule has 0 spiro atoms. The molecule has 0 amide bonds. The van der Waals surface area contributed by atoms with Gasteiger partial charge in [-0.2, -0.15) is 0 Å². The van der Waals surface area contributed by atoms with E-state index < -0.39 is 0 Å². The monoisotopic (exact) mass is 385 g/mol. The molecule has 1 heteroatoms. The van der Waals surface area contributed by atoms with E-state index >= 15 is 0 Å². The van der Waals surface area contributed by atoms with Crippen molar-refractivity contribution in [3.8, 4) is 11.1 Å². The first-order valence-corrected chi connectivity index (χ1v) is 10.3. The Hall–Kier alpha value is -3.84. The summed E-state index contributed by atoms with van der Waals surface area (Å²) in [6, 6.07) is 43.2. The number of aryl methyl sites for hydroxylation is 1. The van der Waals surface area contributed by atoms with Gasteiger partial charge >= 0.3 is 0 Å². The van der Waals surface area contributed by atoms with Crippen molar-refractivity contribution >= 4 is 27.8 Å². The van der Waals surface area contributed by atoms with Crippen LogP contribution < -0.4 is 4.90 Å². The summed E-state index contributed by atoms with van der Waals surface area (Å²) < 4.78 is 0. The Kier molecular flexibility index (Phi) is 4.78. The van der Waals surface area contributed by atoms with Gasteiger partial charge in [0, 0.05) is 17.1 Å². The van der Waals surface area contributed by atoms with Gasteiger partial charge in [0.05, 0.1) is 0 Å². The van der Waals surface area contributed by atoms with E-state index in [9.17, 15) is 0 Å². The molecule has 0 saturated heterocycles. The fourth-order valence-corrected chi connectivity index (χ4v) is 3.99. The maximum Gasteiger partial charge on any atom is 0.0462 e. The Morgan fingerprint density at radius 2 is 1.03 bits per heavy atom. The lowest BCUT2D eigenvalue weighted by molar-refractivity contribution is 1.28. The Morgan fingerprint density at radius 1 is 0.467 bits per heavy atom. The van der Waals surface area contributed by atoms with E-state index in [2.05, 4.69) is 133 Å². The van der Waals surface area contributed by atoms with E-state index in [0.29, 0.717) is 0 Å². The largest absolute Gasteiger partial charge is 0.311 e. The van der Waals surface area contributed by atoms with E-state index in [0.717, 1.165) is 17.1 Å². The molecule has 0 N–H and O–H groups in total. The fourth-order valence-electron chi connectivity index (χ4n) is 3.99. The summed E-state index contributed by atoms with van der Waals surface area (Å²) in [6.45, 7) is 2.12. The van der Waals surface area contributed by atoms with Crippen LogP contribution in [0.3, 0.4) is 0 Å². The molecule has 0 unspecified atom stereocenters. The van der Waals surface area contributed by atoms with Crippen LogP contribution in [-0.2, 0) is 0 Å². The summed E-state index contributed by atoms with van der Waals surface area (Å²) in [7, 11) is 0. The van der Waals surface area contributed by atoms with Crippen molar-refractivity contribution < 1.29 is 0 Å². The van der Waals surface area contributed by atoms with Crippen molar-refractivity contribution in [2.75, 3.05) is 4.90 Å². The zero-order valence-electron chi connectivity index (χ0n) is 17.0. The molecular formula is C29H23N. The highest BCUT2D eigenvalue weighted by Crippen LogP contribution is 2.36. The van der Waals surface area contributed by atoms with Crippen molar-refractivity contribution in [3.63, 3.8) is 0 Å². The molecule has 5 aromatic carbocycles. The summed E-state index contributed by atoms with van der Waals surface area (Å²) in [4.78, 5) is 2.30. The normalized spacial score (nSPS) is 10.8. The first kappa shape index (κ1) is 18.2. The third kappa shape index (κ3) is 3.46. The molecule has 0 aromatic heterocycles. The predicted octanol–water partition coefficient (Wildman–Crippen LogP) is 8.29. The molecule has 0 atom stereocenters. The van der Waals surface area contributed by atoms with Crippen LogP contribution in [0.15, 0.2) is 121 Å². The second kappa shape index (κ2) is 7.88. The fraction of sp³-hybridized carbons (Fsp3) is 0.0345. The highest BCUT2D eigenvalue weighted by Gasteiger charge is 2.12. The van der Waals surface area contributed by atoms with E-state index in [1.54, 1.807) is 0 Å². The summed E-state index contributed by atoms with van der Waals surface area (Å²) in [5.74, 6) is 0. The molecule has 0 aliphatic carbocycles. The highest BCUT2D eigenvalue weighted by atomic mass is 15.1. The van der Waals surface area contributed by atoms with Gasteiger partial charge in [-0.1, -0.05) is 90.5 Å². The van der Waals surface area contributed by atoms with Crippen molar-refractivity contribution in [1.82, 2.24) is 0 Å².